The van der Waals surface area contributed by atoms with E-state index in [9.17, 15) is 13.2 Å². The highest BCUT2D eigenvalue weighted by Gasteiger charge is 2.27. The third kappa shape index (κ3) is 6.59. The zero-order chi connectivity index (χ0) is 24.7. The van der Waals surface area contributed by atoms with Crippen LogP contribution in [0.2, 0.25) is 5.02 Å². The summed E-state index contributed by atoms with van der Waals surface area (Å²) in [6, 6.07) is 21.3. The van der Waals surface area contributed by atoms with E-state index in [1.54, 1.807) is 0 Å². The predicted molar refractivity (Wildman–Crippen MR) is 136 cm³/mol. The number of nitrogens with zero attached hydrogens (tertiary/aromatic N) is 1. The third-order valence-electron chi connectivity index (χ3n) is 5.43. The van der Waals surface area contributed by atoms with Gasteiger partial charge in [-0.1, -0.05) is 67.9 Å². The summed E-state index contributed by atoms with van der Waals surface area (Å²) in [5.41, 5.74) is 2.74. The molecule has 0 aromatic heterocycles. The van der Waals surface area contributed by atoms with Crippen LogP contribution in [-0.4, -0.2) is 38.8 Å². The summed E-state index contributed by atoms with van der Waals surface area (Å²) in [4.78, 5) is 12.8. The molecule has 8 heteroatoms. The molecule has 1 N–H and O–H groups in total. The van der Waals surface area contributed by atoms with E-state index in [2.05, 4.69) is 19.2 Å². The number of benzene rings is 3. The van der Waals surface area contributed by atoms with E-state index >= 15 is 0 Å². The Balaban J connectivity index is 1.82. The maximum Gasteiger partial charge on any atom is 0.243 e. The molecule has 3 rings (SSSR count). The highest BCUT2D eigenvalue weighted by Crippen LogP contribution is 2.28. The average molecular weight is 501 g/mol. The van der Waals surface area contributed by atoms with Gasteiger partial charge in [-0.25, -0.2) is 8.42 Å². The molecule has 0 radical (unpaired) electrons. The SMILES string of the molecule is COc1ccc(S(=O)(=O)N(CCc2ccccc2)CC(=O)Nc2ccc(C(C)C)cc2)cc1Cl. The lowest BCUT2D eigenvalue weighted by Crippen LogP contribution is -2.39. The van der Waals surface area contributed by atoms with Crippen LogP contribution in [0.1, 0.15) is 30.9 Å². The summed E-state index contributed by atoms with van der Waals surface area (Å²) < 4.78 is 33.2. The Morgan fingerprint density at radius 1 is 1.03 bits per heavy atom. The van der Waals surface area contributed by atoms with Gasteiger partial charge in [0.25, 0.3) is 0 Å². The van der Waals surface area contributed by atoms with Crippen molar-refractivity contribution in [2.45, 2.75) is 31.1 Å². The number of rotatable bonds is 10. The number of amides is 1. The van der Waals surface area contributed by atoms with Gasteiger partial charge in [0.05, 0.1) is 23.6 Å². The van der Waals surface area contributed by atoms with Gasteiger partial charge in [-0.3, -0.25) is 4.79 Å². The van der Waals surface area contributed by atoms with Gasteiger partial charge in [-0.15, -0.1) is 0 Å². The van der Waals surface area contributed by atoms with E-state index < -0.39 is 15.9 Å². The third-order valence-corrected chi connectivity index (χ3v) is 7.57. The number of sulfonamides is 1. The van der Waals surface area contributed by atoms with Gasteiger partial charge in [0.1, 0.15) is 5.75 Å². The van der Waals surface area contributed by atoms with Crippen molar-refractivity contribution >= 4 is 33.2 Å². The van der Waals surface area contributed by atoms with Crippen LogP contribution in [0.5, 0.6) is 5.75 Å². The molecule has 0 aliphatic carbocycles. The molecule has 0 aliphatic rings. The molecule has 34 heavy (non-hydrogen) atoms. The van der Waals surface area contributed by atoms with Crippen molar-refractivity contribution < 1.29 is 17.9 Å². The number of methoxy groups -OCH3 is 1. The minimum Gasteiger partial charge on any atom is -0.495 e. The summed E-state index contributed by atoms with van der Waals surface area (Å²) >= 11 is 6.17. The molecule has 0 bridgehead atoms. The first-order chi connectivity index (χ1) is 16.2. The molecule has 0 heterocycles. The number of hydrogen-bond acceptors (Lipinski definition) is 4. The van der Waals surface area contributed by atoms with Gasteiger partial charge in [-0.05, 0) is 53.8 Å². The van der Waals surface area contributed by atoms with E-state index in [0.717, 1.165) is 11.1 Å². The lowest BCUT2D eigenvalue weighted by atomic mass is 10.0. The fourth-order valence-corrected chi connectivity index (χ4v) is 5.20. The molecule has 0 saturated heterocycles. The van der Waals surface area contributed by atoms with E-state index in [0.29, 0.717) is 23.8 Å². The Bertz CT molecular complexity index is 1210. The molecular formula is C26H29ClN2O4S. The molecule has 0 fully saturated rings. The van der Waals surface area contributed by atoms with Crippen molar-refractivity contribution in [3.05, 3.63) is 88.9 Å². The van der Waals surface area contributed by atoms with Gasteiger partial charge in [0, 0.05) is 12.2 Å². The highest BCUT2D eigenvalue weighted by molar-refractivity contribution is 7.89. The lowest BCUT2D eigenvalue weighted by Gasteiger charge is -2.22. The van der Waals surface area contributed by atoms with Crippen LogP contribution in [-0.2, 0) is 21.2 Å². The second kappa shape index (κ2) is 11.5. The van der Waals surface area contributed by atoms with Crippen molar-refractivity contribution in [3.8, 4) is 5.75 Å². The first-order valence-electron chi connectivity index (χ1n) is 11.0. The second-order valence-electron chi connectivity index (χ2n) is 8.20. The quantitative estimate of drug-likeness (QED) is 0.407. The van der Waals surface area contributed by atoms with E-state index in [4.69, 9.17) is 16.3 Å². The summed E-state index contributed by atoms with van der Waals surface area (Å²) in [7, 11) is -2.53. The van der Waals surface area contributed by atoms with Crippen LogP contribution < -0.4 is 10.1 Å². The minimum atomic E-state index is -3.99. The Kier molecular flexibility index (Phi) is 8.72. The Morgan fingerprint density at radius 3 is 2.29 bits per heavy atom. The zero-order valence-corrected chi connectivity index (χ0v) is 21.1. The van der Waals surface area contributed by atoms with Gasteiger partial charge < -0.3 is 10.1 Å². The molecule has 180 valence electrons. The average Bonchev–Trinajstić information content (AvgIpc) is 2.82. The Morgan fingerprint density at radius 2 is 1.71 bits per heavy atom. The number of halogens is 1. The molecule has 0 saturated carbocycles. The molecule has 3 aromatic carbocycles. The largest absolute Gasteiger partial charge is 0.495 e. The summed E-state index contributed by atoms with van der Waals surface area (Å²) in [5, 5.41) is 2.98. The highest BCUT2D eigenvalue weighted by atomic mass is 35.5. The lowest BCUT2D eigenvalue weighted by molar-refractivity contribution is -0.116. The van der Waals surface area contributed by atoms with E-state index in [-0.39, 0.29) is 23.0 Å². The molecule has 6 nitrogen and oxygen atoms in total. The van der Waals surface area contributed by atoms with Crippen LogP contribution in [0.15, 0.2) is 77.7 Å². The number of carbonyl (C=O) groups excluding carboxylic acids is 1. The Labute approximate surface area is 206 Å². The maximum absolute atomic E-state index is 13.5. The Hall–Kier alpha value is -2.87. The van der Waals surface area contributed by atoms with Crippen LogP contribution in [0, 0.1) is 0 Å². The summed E-state index contributed by atoms with van der Waals surface area (Å²) in [6.07, 6.45) is 0.459. The first-order valence-corrected chi connectivity index (χ1v) is 12.8. The van der Waals surface area contributed by atoms with Gasteiger partial charge >= 0.3 is 0 Å². The normalized spacial score (nSPS) is 11.6. The second-order valence-corrected chi connectivity index (χ2v) is 10.5. The first kappa shape index (κ1) is 25.7. The fraction of sp³-hybridized carbons (Fsp3) is 0.269. The number of ether oxygens (including phenoxy) is 1. The van der Waals surface area contributed by atoms with Crippen molar-refractivity contribution in [1.29, 1.82) is 0 Å². The standard InChI is InChI=1S/C26H29ClN2O4S/c1-19(2)21-9-11-22(12-10-21)28-26(30)18-29(16-15-20-7-5-4-6-8-20)34(31,32)23-13-14-25(33-3)24(27)17-23/h4-14,17,19H,15-16,18H2,1-3H3,(H,28,30). The fourth-order valence-electron chi connectivity index (χ4n) is 3.45. The molecule has 0 spiro atoms. The van der Waals surface area contributed by atoms with Crippen LogP contribution in [0.25, 0.3) is 0 Å². The predicted octanol–water partition coefficient (Wildman–Crippen LogP) is 5.34. The molecule has 0 atom stereocenters. The zero-order valence-electron chi connectivity index (χ0n) is 19.5. The molecule has 3 aromatic rings. The number of hydrogen-bond donors (Lipinski definition) is 1. The molecule has 0 unspecified atom stereocenters. The van der Waals surface area contributed by atoms with Gasteiger partial charge in [0.2, 0.25) is 15.9 Å². The van der Waals surface area contributed by atoms with Crippen LogP contribution in [0.4, 0.5) is 5.69 Å². The van der Waals surface area contributed by atoms with E-state index in [1.807, 2.05) is 54.6 Å². The smallest absolute Gasteiger partial charge is 0.243 e. The van der Waals surface area contributed by atoms with E-state index in [1.165, 1.54) is 29.6 Å². The van der Waals surface area contributed by atoms with Gasteiger partial charge in [-0.2, -0.15) is 4.31 Å². The number of carbonyl (C=O) groups is 1. The van der Waals surface area contributed by atoms with Gasteiger partial charge in [0.15, 0.2) is 0 Å². The monoisotopic (exact) mass is 500 g/mol. The minimum absolute atomic E-state index is 0.000415. The number of nitrogens with one attached hydrogen (secondary N) is 1. The number of anilines is 1. The molecule has 0 aliphatic heterocycles. The van der Waals surface area contributed by atoms with Crippen molar-refractivity contribution in [3.63, 3.8) is 0 Å². The summed E-state index contributed by atoms with van der Waals surface area (Å²) in [6.45, 7) is 3.99. The molecular weight excluding hydrogens is 472 g/mol. The van der Waals surface area contributed by atoms with Crippen molar-refractivity contribution in [2.75, 3.05) is 25.5 Å². The maximum atomic E-state index is 13.5. The summed E-state index contributed by atoms with van der Waals surface area (Å²) in [5.74, 6) is 0.326. The topological polar surface area (TPSA) is 75.7 Å². The van der Waals surface area contributed by atoms with Crippen molar-refractivity contribution in [2.24, 2.45) is 0 Å². The van der Waals surface area contributed by atoms with Crippen molar-refractivity contribution in [1.82, 2.24) is 4.31 Å². The molecule has 1 amide bonds. The van der Waals surface area contributed by atoms with Crippen LogP contribution >= 0.6 is 11.6 Å². The van der Waals surface area contributed by atoms with Crippen LogP contribution in [0.3, 0.4) is 0 Å².